The molecule has 156 valence electrons. The highest BCUT2D eigenvalue weighted by atomic mass is 32.2. The third-order valence-corrected chi connectivity index (χ3v) is 6.14. The van der Waals surface area contributed by atoms with Crippen LogP contribution in [0.2, 0.25) is 0 Å². The predicted molar refractivity (Wildman–Crippen MR) is 117 cm³/mol. The standard InChI is InChI=1S/C23H24N2O4S/c26-23(27)20-11-12-21(24-15-13-18-7-3-1-4-8-18)22(17-20)30(28,29)25-16-14-19-9-5-2-6-10-19/h1-12,17,24-25H,13-16H2,(H,26,27). The monoisotopic (exact) mass is 424 g/mol. The molecule has 0 heterocycles. The van der Waals surface area contributed by atoms with Gasteiger partial charge in [-0.2, -0.15) is 0 Å². The van der Waals surface area contributed by atoms with Gasteiger partial charge in [-0.25, -0.2) is 17.9 Å². The first-order valence-electron chi connectivity index (χ1n) is 9.64. The van der Waals surface area contributed by atoms with Crippen molar-refractivity contribution in [2.24, 2.45) is 0 Å². The molecule has 0 spiro atoms. The lowest BCUT2D eigenvalue weighted by Crippen LogP contribution is -2.27. The van der Waals surface area contributed by atoms with Crippen molar-refractivity contribution in [2.45, 2.75) is 17.7 Å². The van der Waals surface area contributed by atoms with Gasteiger partial charge in [-0.05, 0) is 42.2 Å². The van der Waals surface area contributed by atoms with Crippen LogP contribution in [0.15, 0.2) is 83.8 Å². The van der Waals surface area contributed by atoms with Crippen molar-refractivity contribution in [3.8, 4) is 0 Å². The molecule has 0 fully saturated rings. The molecular formula is C23H24N2O4S. The lowest BCUT2D eigenvalue weighted by molar-refractivity contribution is 0.0696. The third-order valence-electron chi connectivity index (χ3n) is 4.64. The van der Waals surface area contributed by atoms with Crippen molar-refractivity contribution in [1.29, 1.82) is 0 Å². The first-order valence-corrected chi connectivity index (χ1v) is 11.1. The van der Waals surface area contributed by atoms with Gasteiger partial charge in [0.2, 0.25) is 10.0 Å². The van der Waals surface area contributed by atoms with Crippen LogP contribution in [0.3, 0.4) is 0 Å². The number of benzene rings is 3. The molecule has 0 amide bonds. The summed E-state index contributed by atoms with van der Waals surface area (Å²) >= 11 is 0. The Kier molecular flexibility index (Phi) is 7.21. The lowest BCUT2D eigenvalue weighted by Gasteiger charge is -2.14. The van der Waals surface area contributed by atoms with Crippen molar-refractivity contribution in [3.05, 3.63) is 95.6 Å². The van der Waals surface area contributed by atoms with Crippen molar-refractivity contribution in [2.75, 3.05) is 18.4 Å². The van der Waals surface area contributed by atoms with Crippen LogP contribution in [0.4, 0.5) is 5.69 Å². The first kappa shape index (κ1) is 21.5. The van der Waals surface area contributed by atoms with Crippen molar-refractivity contribution in [1.82, 2.24) is 4.72 Å². The van der Waals surface area contributed by atoms with Gasteiger partial charge in [-0.1, -0.05) is 60.7 Å². The number of carbonyl (C=O) groups is 1. The van der Waals surface area contributed by atoms with Crippen LogP contribution in [0.25, 0.3) is 0 Å². The molecule has 3 aromatic carbocycles. The Morgan fingerprint density at radius 3 is 1.93 bits per heavy atom. The SMILES string of the molecule is O=C(O)c1ccc(NCCc2ccccc2)c(S(=O)(=O)NCCc2ccccc2)c1. The van der Waals surface area contributed by atoms with Crippen molar-refractivity contribution >= 4 is 21.7 Å². The summed E-state index contributed by atoms with van der Waals surface area (Å²) in [6.45, 7) is 0.732. The number of anilines is 1. The van der Waals surface area contributed by atoms with Crippen LogP contribution in [-0.4, -0.2) is 32.6 Å². The number of sulfonamides is 1. The third kappa shape index (κ3) is 5.92. The molecule has 0 aliphatic rings. The Bertz CT molecular complexity index is 1080. The van der Waals surface area contributed by atoms with E-state index < -0.39 is 16.0 Å². The smallest absolute Gasteiger partial charge is 0.335 e. The molecular weight excluding hydrogens is 400 g/mol. The van der Waals surface area contributed by atoms with Gasteiger partial charge in [-0.3, -0.25) is 0 Å². The van der Waals surface area contributed by atoms with Crippen LogP contribution in [0, 0.1) is 0 Å². The number of carboxylic acids is 1. The topological polar surface area (TPSA) is 95.5 Å². The molecule has 0 bridgehead atoms. The highest BCUT2D eigenvalue weighted by Gasteiger charge is 2.20. The number of hydrogen-bond donors (Lipinski definition) is 3. The zero-order valence-electron chi connectivity index (χ0n) is 16.4. The first-order chi connectivity index (χ1) is 14.5. The molecule has 0 unspecified atom stereocenters. The summed E-state index contributed by atoms with van der Waals surface area (Å²) < 4.78 is 28.4. The molecule has 0 aliphatic carbocycles. The van der Waals surface area contributed by atoms with Crippen LogP contribution >= 0.6 is 0 Å². The van der Waals surface area contributed by atoms with Gasteiger partial charge in [0.15, 0.2) is 0 Å². The fourth-order valence-corrected chi connectivity index (χ4v) is 4.30. The Morgan fingerprint density at radius 1 is 0.800 bits per heavy atom. The minimum Gasteiger partial charge on any atom is -0.478 e. The number of hydrogen-bond acceptors (Lipinski definition) is 4. The van der Waals surface area contributed by atoms with Gasteiger partial charge >= 0.3 is 5.97 Å². The normalized spacial score (nSPS) is 11.2. The number of carboxylic acid groups (broad SMARTS) is 1. The fourth-order valence-electron chi connectivity index (χ4n) is 3.06. The van der Waals surface area contributed by atoms with Crippen LogP contribution in [-0.2, 0) is 22.9 Å². The van der Waals surface area contributed by atoms with E-state index in [1.165, 1.54) is 18.2 Å². The lowest BCUT2D eigenvalue weighted by atomic mass is 10.1. The molecule has 0 saturated carbocycles. The van der Waals surface area contributed by atoms with E-state index in [2.05, 4.69) is 10.0 Å². The average molecular weight is 425 g/mol. The van der Waals surface area contributed by atoms with E-state index in [0.717, 1.165) is 11.1 Å². The molecule has 0 aliphatic heterocycles. The second-order valence-corrected chi connectivity index (χ2v) is 8.55. The molecule has 6 nitrogen and oxygen atoms in total. The van der Waals surface area contributed by atoms with Crippen molar-refractivity contribution in [3.63, 3.8) is 0 Å². The Hall–Kier alpha value is -3.16. The van der Waals surface area contributed by atoms with Crippen LogP contribution in [0.1, 0.15) is 21.5 Å². The average Bonchev–Trinajstić information content (AvgIpc) is 2.75. The van der Waals surface area contributed by atoms with Gasteiger partial charge in [0.05, 0.1) is 11.3 Å². The summed E-state index contributed by atoms with van der Waals surface area (Å²) in [5, 5.41) is 12.4. The van der Waals surface area contributed by atoms with E-state index >= 15 is 0 Å². The number of nitrogens with one attached hydrogen (secondary N) is 2. The molecule has 3 aromatic rings. The maximum Gasteiger partial charge on any atom is 0.335 e. The molecule has 3 rings (SSSR count). The quantitative estimate of drug-likeness (QED) is 0.463. The summed E-state index contributed by atoms with van der Waals surface area (Å²) in [5.74, 6) is -1.17. The highest BCUT2D eigenvalue weighted by Crippen LogP contribution is 2.23. The van der Waals surface area contributed by atoms with Gasteiger partial charge < -0.3 is 10.4 Å². The van der Waals surface area contributed by atoms with Crippen molar-refractivity contribution < 1.29 is 18.3 Å². The summed E-state index contributed by atoms with van der Waals surface area (Å²) in [7, 11) is -3.89. The molecule has 30 heavy (non-hydrogen) atoms. The van der Waals surface area contributed by atoms with E-state index in [-0.39, 0.29) is 17.0 Å². The van der Waals surface area contributed by atoms with E-state index in [1.807, 2.05) is 60.7 Å². The minimum atomic E-state index is -3.89. The maximum atomic E-state index is 12.9. The van der Waals surface area contributed by atoms with Gasteiger partial charge in [0.1, 0.15) is 4.90 Å². The zero-order chi connectivity index (χ0) is 21.4. The largest absolute Gasteiger partial charge is 0.478 e. The second kappa shape index (κ2) is 10.0. The number of aromatic carboxylic acids is 1. The summed E-state index contributed by atoms with van der Waals surface area (Å²) in [6, 6.07) is 23.5. The number of rotatable bonds is 10. The summed E-state index contributed by atoms with van der Waals surface area (Å²) in [5.41, 5.74) is 2.44. The minimum absolute atomic E-state index is 0.0662. The maximum absolute atomic E-state index is 12.9. The molecule has 7 heteroatoms. The predicted octanol–water partition coefficient (Wildman–Crippen LogP) is 3.56. The van der Waals surface area contributed by atoms with Crippen LogP contribution < -0.4 is 10.0 Å². The second-order valence-electron chi connectivity index (χ2n) is 6.81. The summed E-state index contributed by atoms with van der Waals surface area (Å²) in [4.78, 5) is 11.3. The molecule has 3 N–H and O–H groups in total. The zero-order valence-corrected chi connectivity index (χ0v) is 17.2. The Morgan fingerprint density at radius 2 is 1.37 bits per heavy atom. The van der Waals surface area contributed by atoms with E-state index in [0.29, 0.717) is 25.1 Å². The summed E-state index contributed by atoms with van der Waals surface area (Å²) in [6.07, 6.45) is 1.25. The van der Waals surface area contributed by atoms with E-state index in [4.69, 9.17) is 0 Å². The molecule has 0 radical (unpaired) electrons. The van der Waals surface area contributed by atoms with Crippen LogP contribution in [0.5, 0.6) is 0 Å². The van der Waals surface area contributed by atoms with Gasteiger partial charge in [-0.15, -0.1) is 0 Å². The molecule has 0 saturated heterocycles. The molecule has 0 atom stereocenters. The Balaban J connectivity index is 1.74. The highest BCUT2D eigenvalue weighted by molar-refractivity contribution is 7.89. The fraction of sp³-hybridized carbons (Fsp3) is 0.174. The Labute approximate surface area is 176 Å². The van der Waals surface area contributed by atoms with E-state index in [1.54, 1.807) is 0 Å². The van der Waals surface area contributed by atoms with Gasteiger partial charge in [0.25, 0.3) is 0 Å². The van der Waals surface area contributed by atoms with Gasteiger partial charge in [0, 0.05) is 13.1 Å². The molecule has 0 aromatic heterocycles. The van der Waals surface area contributed by atoms with E-state index in [9.17, 15) is 18.3 Å².